The van der Waals surface area contributed by atoms with Gasteiger partial charge in [-0.3, -0.25) is 9.89 Å². The number of rotatable bonds is 2. The monoisotopic (exact) mass is 377 g/mol. The van der Waals surface area contributed by atoms with E-state index in [-0.39, 0.29) is 16.5 Å². The molecule has 1 aliphatic heterocycles. The average Bonchev–Trinajstić information content (AvgIpc) is 3.04. The third-order valence-electron chi connectivity index (χ3n) is 4.48. The molecule has 0 saturated carbocycles. The zero-order valence-electron chi connectivity index (χ0n) is 13.5. The van der Waals surface area contributed by atoms with Crippen LogP contribution in [0.1, 0.15) is 0 Å². The summed E-state index contributed by atoms with van der Waals surface area (Å²) in [6, 6.07) is 5.31. The standard InChI is InChI=1S/C16H16FN5OS2/c1-20-4-6-21(7-5-20)10-2-3-11-13(8-10)22(17)9-12(14(11)23)15-18-19-16(24)25-15/h2-3,8-9H,4-7H2,1H3,(H,19,24). The fourth-order valence-corrected chi connectivity index (χ4v) is 3.93. The van der Waals surface area contributed by atoms with Crippen molar-refractivity contribution in [3.63, 3.8) is 0 Å². The molecule has 0 radical (unpaired) electrons. The van der Waals surface area contributed by atoms with Gasteiger partial charge in [0.05, 0.1) is 17.3 Å². The number of piperazine rings is 1. The Kier molecular flexibility index (Phi) is 4.14. The number of aromatic nitrogens is 3. The summed E-state index contributed by atoms with van der Waals surface area (Å²) in [5.74, 6) is 0. The first-order valence-electron chi connectivity index (χ1n) is 7.88. The Morgan fingerprint density at radius 3 is 2.72 bits per heavy atom. The molecule has 1 N–H and O–H groups in total. The Morgan fingerprint density at radius 1 is 1.28 bits per heavy atom. The van der Waals surface area contributed by atoms with Crippen LogP contribution in [0.4, 0.5) is 10.2 Å². The van der Waals surface area contributed by atoms with E-state index in [2.05, 4.69) is 27.0 Å². The van der Waals surface area contributed by atoms with E-state index in [1.807, 2.05) is 6.07 Å². The number of aromatic amines is 1. The average molecular weight is 377 g/mol. The second-order valence-corrected chi connectivity index (χ2v) is 7.76. The van der Waals surface area contributed by atoms with Crippen LogP contribution in [0, 0.1) is 3.95 Å². The largest absolute Gasteiger partial charge is 0.369 e. The number of H-pyrrole nitrogens is 1. The predicted octanol–water partition coefficient (Wildman–Crippen LogP) is 2.67. The van der Waals surface area contributed by atoms with Gasteiger partial charge < -0.3 is 9.80 Å². The Labute approximate surface area is 152 Å². The molecule has 0 unspecified atom stereocenters. The number of pyridine rings is 1. The second-order valence-electron chi connectivity index (χ2n) is 6.09. The molecule has 0 amide bonds. The van der Waals surface area contributed by atoms with Crippen LogP contribution in [-0.4, -0.2) is 53.1 Å². The van der Waals surface area contributed by atoms with Gasteiger partial charge in [-0.05, 0) is 37.5 Å². The number of hydrogen-bond donors (Lipinski definition) is 1. The van der Waals surface area contributed by atoms with E-state index in [1.54, 1.807) is 12.1 Å². The molecule has 0 atom stereocenters. The normalized spacial score (nSPS) is 15.8. The zero-order chi connectivity index (χ0) is 17.6. The van der Waals surface area contributed by atoms with E-state index in [0.29, 0.717) is 19.1 Å². The molecular weight excluding hydrogens is 361 g/mol. The number of halogens is 1. The van der Waals surface area contributed by atoms with Crippen molar-refractivity contribution in [1.29, 1.82) is 0 Å². The summed E-state index contributed by atoms with van der Waals surface area (Å²) < 4.78 is 15.1. The summed E-state index contributed by atoms with van der Waals surface area (Å²) in [6.07, 6.45) is 1.18. The minimum absolute atomic E-state index is 0.208. The first-order chi connectivity index (χ1) is 12.0. The van der Waals surface area contributed by atoms with E-state index in [4.69, 9.17) is 12.2 Å². The lowest BCUT2D eigenvalue weighted by molar-refractivity contribution is 0.313. The van der Waals surface area contributed by atoms with Crippen molar-refractivity contribution in [1.82, 2.24) is 19.9 Å². The SMILES string of the molecule is CN1CCN(c2ccc3c(=O)c(-c4n[nH]c(=S)s4)cn(F)c3c2)CC1. The smallest absolute Gasteiger partial charge is 0.199 e. The molecule has 2 aromatic heterocycles. The highest BCUT2D eigenvalue weighted by Gasteiger charge is 2.17. The first kappa shape index (κ1) is 16.4. The van der Waals surface area contributed by atoms with Crippen LogP contribution in [0.15, 0.2) is 29.2 Å². The van der Waals surface area contributed by atoms with Crippen molar-refractivity contribution < 1.29 is 4.48 Å². The van der Waals surface area contributed by atoms with Crippen LogP contribution >= 0.6 is 23.6 Å². The number of likely N-dealkylation sites (N-methyl/N-ethyl adjacent to an activating group) is 1. The van der Waals surface area contributed by atoms with Gasteiger partial charge in [0.2, 0.25) is 0 Å². The number of hydrogen-bond acceptors (Lipinski definition) is 6. The second kappa shape index (κ2) is 6.32. The van der Waals surface area contributed by atoms with Crippen LogP contribution in [0.2, 0.25) is 0 Å². The van der Waals surface area contributed by atoms with E-state index >= 15 is 0 Å². The molecule has 130 valence electrons. The minimum Gasteiger partial charge on any atom is -0.369 e. The number of benzene rings is 1. The Bertz CT molecular complexity index is 1050. The number of fused-ring (bicyclic) bond motifs is 1. The maximum Gasteiger partial charge on any atom is 0.199 e. The maximum atomic E-state index is 14.6. The lowest BCUT2D eigenvalue weighted by Crippen LogP contribution is -2.44. The fraction of sp³-hybridized carbons (Fsp3) is 0.312. The molecule has 25 heavy (non-hydrogen) atoms. The lowest BCUT2D eigenvalue weighted by Gasteiger charge is -2.34. The first-order valence-corrected chi connectivity index (χ1v) is 9.10. The van der Waals surface area contributed by atoms with Crippen molar-refractivity contribution >= 4 is 40.1 Å². The lowest BCUT2D eigenvalue weighted by atomic mass is 10.1. The van der Waals surface area contributed by atoms with Gasteiger partial charge in [-0.15, -0.1) is 0 Å². The number of nitrogens with one attached hydrogen (secondary N) is 1. The van der Waals surface area contributed by atoms with Gasteiger partial charge in [0.15, 0.2) is 14.4 Å². The van der Waals surface area contributed by atoms with Crippen LogP contribution in [0.5, 0.6) is 0 Å². The molecule has 6 nitrogen and oxygen atoms in total. The molecular formula is C16H16FN5OS2. The highest BCUT2D eigenvalue weighted by molar-refractivity contribution is 7.73. The molecule has 0 spiro atoms. The van der Waals surface area contributed by atoms with E-state index in [9.17, 15) is 9.28 Å². The van der Waals surface area contributed by atoms with Gasteiger partial charge in [-0.1, -0.05) is 15.8 Å². The molecule has 1 aromatic carbocycles. The predicted molar refractivity (Wildman–Crippen MR) is 101 cm³/mol. The molecule has 4 rings (SSSR count). The summed E-state index contributed by atoms with van der Waals surface area (Å²) in [5.41, 5.74) is 1.16. The van der Waals surface area contributed by atoms with Crippen molar-refractivity contribution in [2.45, 2.75) is 0 Å². The van der Waals surface area contributed by atoms with E-state index in [0.717, 1.165) is 43.2 Å². The highest BCUT2D eigenvalue weighted by atomic mass is 32.1. The van der Waals surface area contributed by atoms with Gasteiger partial charge in [0.1, 0.15) is 0 Å². The summed E-state index contributed by atoms with van der Waals surface area (Å²) >= 11 is 6.15. The zero-order valence-corrected chi connectivity index (χ0v) is 15.2. The molecule has 9 heteroatoms. The van der Waals surface area contributed by atoms with Crippen molar-refractivity contribution in [3.05, 3.63) is 38.6 Å². The summed E-state index contributed by atoms with van der Waals surface area (Å²) in [4.78, 5) is 17.7. The van der Waals surface area contributed by atoms with Crippen molar-refractivity contribution in [2.75, 3.05) is 38.1 Å². The minimum atomic E-state index is -0.244. The van der Waals surface area contributed by atoms with Gasteiger partial charge in [-0.25, -0.2) is 0 Å². The topological polar surface area (TPSA) is 57.2 Å². The molecule has 0 aliphatic carbocycles. The Hall–Kier alpha value is -2.10. The van der Waals surface area contributed by atoms with Crippen LogP contribution in [-0.2, 0) is 0 Å². The van der Waals surface area contributed by atoms with Crippen LogP contribution < -0.4 is 10.3 Å². The fourth-order valence-electron chi connectivity index (χ4n) is 3.03. The summed E-state index contributed by atoms with van der Waals surface area (Å²) in [5, 5.41) is 7.34. The molecule has 1 fully saturated rings. The summed E-state index contributed by atoms with van der Waals surface area (Å²) in [6.45, 7) is 3.69. The van der Waals surface area contributed by atoms with Crippen LogP contribution in [0.25, 0.3) is 21.5 Å². The van der Waals surface area contributed by atoms with E-state index in [1.165, 1.54) is 6.20 Å². The molecule has 3 aromatic rings. The summed E-state index contributed by atoms with van der Waals surface area (Å²) in [7, 11) is 2.09. The molecule has 1 saturated heterocycles. The molecule has 3 heterocycles. The molecule has 0 bridgehead atoms. The maximum absolute atomic E-state index is 14.6. The van der Waals surface area contributed by atoms with Crippen LogP contribution in [0.3, 0.4) is 0 Å². The highest BCUT2D eigenvalue weighted by Crippen LogP contribution is 2.25. The third-order valence-corrected chi connectivity index (χ3v) is 5.60. The molecule has 1 aliphatic rings. The Balaban J connectivity index is 1.80. The Morgan fingerprint density at radius 2 is 2.04 bits per heavy atom. The van der Waals surface area contributed by atoms with Gasteiger partial charge >= 0.3 is 0 Å². The van der Waals surface area contributed by atoms with Gasteiger partial charge in [0, 0.05) is 37.3 Å². The third kappa shape index (κ3) is 2.99. The van der Waals surface area contributed by atoms with Crippen molar-refractivity contribution in [3.8, 4) is 10.6 Å². The quantitative estimate of drug-likeness (QED) is 0.696. The number of nitrogens with zero attached hydrogens (tertiary/aromatic N) is 4. The van der Waals surface area contributed by atoms with Gasteiger partial charge in [-0.2, -0.15) is 9.89 Å². The van der Waals surface area contributed by atoms with E-state index < -0.39 is 0 Å². The van der Waals surface area contributed by atoms with Crippen molar-refractivity contribution in [2.24, 2.45) is 0 Å². The van der Waals surface area contributed by atoms with Gasteiger partial charge in [0.25, 0.3) is 0 Å². The number of anilines is 1.